The third-order valence-corrected chi connectivity index (χ3v) is 15.3. The zero-order chi connectivity index (χ0) is 50.2. The number of ether oxygens (including phenoxy) is 3. The normalized spacial score (nSPS) is 14.7. The van der Waals surface area contributed by atoms with Crippen LogP contribution in [0.4, 0.5) is 16.2 Å². The second-order valence-electron chi connectivity index (χ2n) is 17.6. The number of likely N-dealkylation sites (N-methyl/N-ethyl adjacent to an activating group) is 2. The van der Waals surface area contributed by atoms with Gasteiger partial charge < -0.3 is 24.4 Å². The first-order valence-electron chi connectivity index (χ1n) is 22.9. The smallest absolute Gasteiger partial charge is 0.410 e. The molecule has 6 rings (SSSR count). The molecule has 0 unspecified atom stereocenters. The number of hydrogen-bond donors (Lipinski definition) is 1. The summed E-state index contributed by atoms with van der Waals surface area (Å²) in [4.78, 5) is 41.8. The standard InChI is InChI=1S/C27H38N4O6S.C22H30N4O4S.ClH/c1-27(2,3)37-26(33)30-19-17-29(18-20-30)16-15-28(4)38(34,35)31(24-9-7-6-8-10-24)21-22-11-13-23(14-12-22)25(32)36-5;1-24(16-17-25-14-12-23-13-15-25)31(28,29)26(21-6-4-3-5-7-21)18-19-8-10-20(11-9-19)22(27)30-2;/h6-14H,15-21H2,1-5H3;3-11,23H,12-18H2,1-2H3;1H. The average molecular weight is 1030 g/mol. The van der Waals surface area contributed by atoms with Crippen molar-refractivity contribution < 1.29 is 45.4 Å². The number of rotatable bonds is 18. The van der Waals surface area contributed by atoms with E-state index in [4.69, 9.17) is 14.2 Å². The first kappa shape index (κ1) is 57.3. The zero-order valence-corrected chi connectivity index (χ0v) is 43.7. The number of nitrogens with zero attached hydrogens (tertiary/aromatic N) is 7. The van der Waals surface area contributed by atoms with E-state index in [2.05, 4.69) is 15.1 Å². The molecule has 0 atom stereocenters. The van der Waals surface area contributed by atoms with E-state index in [1.165, 1.54) is 31.4 Å². The summed E-state index contributed by atoms with van der Waals surface area (Å²) in [5.74, 6) is -0.873. The molecule has 0 saturated carbocycles. The third kappa shape index (κ3) is 16.6. The molecule has 1 N–H and O–H groups in total. The summed E-state index contributed by atoms with van der Waals surface area (Å²) in [7, 11) is -1.78. The Bertz CT molecular complexity index is 2470. The summed E-state index contributed by atoms with van der Waals surface area (Å²) in [6.07, 6.45) is -0.324. The number of piperazine rings is 2. The van der Waals surface area contributed by atoms with Crippen LogP contribution in [-0.4, -0.2) is 171 Å². The summed E-state index contributed by atoms with van der Waals surface area (Å²) >= 11 is 0. The SMILES string of the molecule is COC(=O)c1ccc(CN(c2ccccc2)S(=O)(=O)N(C)CCN2CCN(C(=O)OC(C)(C)C)CC2)cc1.COC(=O)c1ccc(CN(c2ccccc2)S(=O)(=O)N(C)CCN2CCNCC2)cc1.Cl. The molecule has 384 valence electrons. The van der Waals surface area contributed by atoms with Crippen molar-refractivity contribution in [3.63, 3.8) is 0 Å². The molecule has 2 fully saturated rings. The molecule has 2 saturated heterocycles. The highest BCUT2D eigenvalue weighted by molar-refractivity contribution is 7.90. The van der Waals surface area contributed by atoms with Gasteiger partial charge in [-0.3, -0.25) is 18.4 Å². The molecule has 2 aliphatic rings. The molecule has 0 aliphatic carbocycles. The number of hydrogen-bond acceptors (Lipinski definition) is 13. The lowest BCUT2D eigenvalue weighted by molar-refractivity contribution is 0.0143. The fourth-order valence-corrected chi connectivity index (χ4v) is 10.1. The van der Waals surface area contributed by atoms with Crippen molar-refractivity contribution in [2.45, 2.75) is 39.5 Å². The van der Waals surface area contributed by atoms with Crippen LogP contribution in [0.3, 0.4) is 0 Å². The second kappa shape index (κ2) is 26.8. The molecule has 0 bridgehead atoms. The van der Waals surface area contributed by atoms with Gasteiger partial charge in [0, 0.05) is 92.6 Å². The topological polar surface area (TPSA) is 182 Å². The van der Waals surface area contributed by atoms with Crippen molar-refractivity contribution >= 4 is 62.2 Å². The van der Waals surface area contributed by atoms with Gasteiger partial charge in [-0.1, -0.05) is 60.7 Å². The number of benzene rings is 4. The van der Waals surface area contributed by atoms with Crippen LogP contribution < -0.4 is 13.9 Å². The molecule has 0 radical (unpaired) electrons. The lowest BCUT2D eigenvalue weighted by Crippen LogP contribution is -2.52. The van der Waals surface area contributed by atoms with Crippen LogP contribution >= 0.6 is 12.4 Å². The van der Waals surface area contributed by atoms with Crippen LogP contribution in [-0.2, 0) is 47.7 Å². The molecule has 4 aromatic carbocycles. The molecule has 2 heterocycles. The fourth-order valence-electron chi connectivity index (χ4n) is 7.41. The number of amides is 1. The lowest BCUT2D eigenvalue weighted by atomic mass is 10.1. The number of para-hydroxylation sites is 2. The number of methoxy groups -OCH3 is 2. The number of nitrogens with one attached hydrogen (secondary N) is 1. The maximum Gasteiger partial charge on any atom is 0.410 e. The number of halogens is 1. The monoisotopic (exact) mass is 1030 g/mol. The first-order valence-corrected chi connectivity index (χ1v) is 25.7. The Morgan fingerprint density at radius 2 is 0.943 bits per heavy atom. The molecular weight excluding hydrogens is 960 g/mol. The largest absolute Gasteiger partial charge is 0.465 e. The summed E-state index contributed by atoms with van der Waals surface area (Å²) in [6.45, 7) is 13.7. The highest BCUT2D eigenvalue weighted by atomic mass is 35.5. The highest BCUT2D eigenvalue weighted by Gasteiger charge is 2.31. The van der Waals surface area contributed by atoms with E-state index in [-0.39, 0.29) is 31.6 Å². The highest BCUT2D eigenvalue weighted by Crippen LogP contribution is 2.25. The van der Waals surface area contributed by atoms with E-state index < -0.39 is 38.0 Å². The van der Waals surface area contributed by atoms with Crippen LogP contribution in [0.25, 0.3) is 0 Å². The number of esters is 2. The summed E-state index contributed by atoms with van der Waals surface area (Å²) in [6, 6.07) is 31.5. The number of carbonyl (C=O) groups excluding carboxylic acids is 3. The summed E-state index contributed by atoms with van der Waals surface area (Å²) in [5, 5.41) is 3.30. The van der Waals surface area contributed by atoms with Crippen LogP contribution in [0.15, 0.2) is 109 Å². The quantitative estimate of drug-likeness (QED) is 0.102. The molecule has 4 aromatic rings. The first-order chi connectivity index (χ1) is 32.8. The summed E-state index contributed by atoms with van der Waals surface area (Å²) < 4.78 is 74.8. The van der Waals surface area contributed by atoms with Crippen LogP contribution in [0.5, 0.6) is 0 Å². The van der Waals surface area contributed by atoms with Gasteiger partial charge >= 0.3 is 38.5 Å². The summed E-state index contributed by atoms with van der Waals surface area (Å²) in [5.41, 5.74) is 2.92. The molecule has 0 aromatic heterocycles. The van der Waals surface area contributed by atoms with Crippen LogP contribution in [0.2, 0.25) is 0 Å². The predicted molar refractivity (Wildman–Crippen MR) is 275 cm³/mol. The van der Waals surface area contributed by atoms with Gasteiger partial charge in [-0.15, -0.1) is 12.4 Å². The Morgan fingerprint density at radius 3 is 1.30 bits per heavy atom. The predicted octanol–water partition coefficient (Wildman–Crippen LogP) is 5.19. The van der Waals surface area contributed by atoms with Crippen molar-refractivity contribution in [1.29, 1.82) is 0 Å². The zero-order valence-electron chi connectivity index (χ0n) is 41.2. The van der Waals surface area contributed by atoms with Crippen LogP contribution in [0.1, 0.15) is 52.6 Å². The molecule has 21 heteroatoms. The van der Waals surface area contributed by atoms with Gasteiger partial charge in [-0.25, -0.2) is 14.4 Å². The van der Waals surface area contributed by atoms with E-state index in [9.17, 15) is 31.2 Å². The molecule has 70 heavy (non-hydrogen) atoms. The molecule has 18 nitrogen and oxygen atoms in total. The van der Waals surface area contributed by atoms with Gasteiger partial charge in [0.05, 0.1) is 49.8 Å². The Kier molecular flexibility index (Phi) is 21.9. The maximum atomic E-state index is 13.7. The minimum Gasteiger partial charge on any atom is -0.465 e. The Balaban J connectivity index is 0.000000306. The maximum absolute atomic E-state index is 13.7. The molecule has 1 amide bonds. The molecule has 0 spiro atoms. The Morgan fingerprint density at radius 1 is 0.571 bits per heavy atom. The van der Waals surface area contributed by atoms with Crippen molar-refractivity contribution in [3.8, 4) is 0 Å². The average Bonchev–Trinajstić information content (AvgIpc) is 3.36. The van der Waals surface area contributed by atoms with Gasteiger partial charge in [0.15, 0.2) is 0 Å². The fraction of sp³-hybridized carbons (Fsp3) is 0.449. The minimum atomic E-state index is -3.86. The van der Waals surface area contributed by atoms with Crippen molar-refractivity contribution in [2.24, 2.45) is 0 Å². The minimum absolute atomic E-state index is 0. The van der Waals surface area contributed by atoms with Gasteiger partial charge in [-0.05, 0) is 80.4 Å². The van der Waals surface area contributed by atoms with Crippen molar-refractivity contribution in [3.05, 3.63) is 131 Å². The van der Waals surface area contributed by atoms with E-state index in [0.717, 1.165) is 37.3 Å². The molecular formula is C49H69ClN8O10S2. The van der Waals surface area contributed by atoms with Gasteiger partial charge in [0.2, 0.25) is 0 Å². The van der Waals surface area contributed by atoms with E-state index in [0.29, 0.717) is 74.9 Å². The van der Waals surface area contributed by atoms with Crippen LogP contribution in [0, 0.1) is 0 Å². The third-order valence-electron chi connectivity index (χ3n) is 11.5. The van der Waals surface area contributed by atoms with E-state index in [1.807, 2.05) is 45.0 Å². The van der Waals surface area contributed by atoms with Gasteiger partial charge in [0.25, 0.3) is 0 Å². The van der Waals surface area contributed by atoms with Gasteiger partial charge in [-0.2, -0.15) is 25.4 Å². The lowest BCUT2D eigenvalue weighted by Gasteiger charge is -2.36. The molecule has 2 aliphatic heterocycles. The second-order valence-corrected chi connectivity index (χ2v) is 21.5. The van der Waals surface area contributed by atoms with Crippen molar-refractivity contribution in [2.75, 3.05) is 115 Å². The van der Waals surface area contributed by atoms with Crippen molar-refractivity contribution in [1.82, 2.24) is 28.6 Å². The number of anilines is 2. The Labute approximate surface area is 420 Å². The van der Waals surface area contributed by atoms with E-state index >= 15 is 0 Å². The van der Waals surface area contributed by atoms with E-state index in [1.54, 1.807) is 104 Å². The van der Waals surface area contributed by atoms with Gasteiger partial charge in [0.1, 0.15) is 5.60 Å². The number of carbonyl (C=O) groups is 3. The Hall–Kier alpha value is -5.32.